The van der Waals surface area contributed by atoms with E-state index in [2.05, 4.69) is 127 Å². The van der Waals surface area contributed by atoms with Gasteiger partial charge >= 0.3 is 26.2 Å². The van der Waals surface area contributed by atoms with Crippen LogP contribution in [0.5, 0.6) is 0 Å². The largest absolute Gasteiger partial charge is 2.00 e. The van der Waals surface area contributed by atoms with E-state index in [-0.39, 0.29) is 51.0 Å². The Bertz CT molecular complexity index is 1210. The molecule has 0 saturated heterocycles. The summed E-state index contributed by atoms with van der Waals surface area (Å²) in [4.78, 5) is 0. The molecular formula is C32H30Cl2SiZr. The average molecular weight is 605 g/mol. The molecule has 0 aliphatic heterocycles. The molecule has 0 heterocycles. The molecule has 5 aromatic carbocycles. The minimum Gasteiger partial charge on any atom is -0.273 e. The smallest absolute Gasteiger partial charge is 0.273 e. The van der Waals surface area contributed by atoms with Crippen LogP contribution < -0.4 is 0 Å². The monoisotopic (exact) mass is 602 g/mol. The first kappa shape index (κ1) is 31.9. The van der Waals surface area contributed by atoms with E-state index in [4.69, 9.17) is 0 Å². The summed E-state index contributed by atoms with van der Waals surface area (Å²) in [5.41, 5.74) is 2.90. The van der Waals surface area contributed by atoms with E-state index in [1.54, 1.807) is 0 Å². The van der Waals surface area contributed by atoms with Crippen LogP contribution in [0.2, 0.25) is 0 Å². The van der Waals surface area contributed by atoms with Crippen molar-refractivity contribution in [2.45, 2.75) is 18.5 Å². The second-order valence-corrected chi connectivity index (χ2v) is 9.10. The summed E-state index contributed by atoms with van der Waals surface area (Å²) in [5.74, 6) is 0. The van der Waals surface area contributed by atoms with Gasteiger partial charge in [0, 0.05) is 9.52 Å². The van der Waals surface area contributed by atoms with Gasteiger partial charge in [-0.3, -0.25) is 6.08 Å². The Labute approximate surface area is 249 Å². The molecule has 36 heavy (non-hydrogen) atoms. The first-order chi connectivity index (χ1) is 16.4. The molecule has 0 spiro atoms. The molecule has 0 nitrogen and oxygen atoms in total. The van der Waals surface area contributed by atoms with E-state index >= 15 is 0 Å². The maximum atomic E-state index is 2.99. The molecule has 2 radical (unpaired) electrons. The molecule has 0 amide bonds. The molecule has 1 aliphatic rings. The fraction of sp³-hybridized carbons (Fsp3) is 0.0938. The number of hydrogen-bond acceptors (Lipinski definition) is 0. The fourth-order valence-electron chi connectivity index (χ4n) is 3.79. The molecule has 1 aliphatic carbocycles. The van der Waals surface area contributed by atoms with E-state index in [0.29, 0.717) is 0 Å². The summed E-state index contributed by atoms with van der Waals surface area (Å²) in [6.45, 7) is 0. The second kappa shape index (κ2) is 18.2. The summed E-state index contributed by atoms with van der Waals surface area (Å²) in [5, 5.41) is 5.39. The normalized spacial score (nSPS) is 10.7. The quantitative estimate of drug-likeness (QED) is 0.142. The van der Waals surface area contributed by atoms with Gasteiger partial charge in [0.2, 0.25) is 0 Å². The third-order valence-electron chi connectivity index (χ3n) is 5.45. The van der Waals surface area contributed by atoms with Crippen LogP contribution in [0.1, 0.15) is 17.5 Å². The third-order valence-corrected chi connectivity index (χ3v) is 6.77. The van der Waals surface area contributed by atoms with Gasteiger partial charge in [0.25, 0.3) is 0 Å². The van der Waals surface area contributed by atoms with Crippen LogP contribution in [-0.2, 0) is 38.3 Å². The van der Waals surface area contributed by atoms with Crippen LogP contribution in [0.25, 0.3) is 21.5 Å². The van der Waals surface area contributed by atoms with Crippen LogP contribution in [0.4, 0.5) is 0 Å². The van der Waals surface area contributed by atoms with Gasteiger partial charge in [-0.2, -0.15) is 6.08 Å². The van der Waals surface area contributed by atoms with Crippen LogP contribution in [0.15, 0.2) is 133 Å². The number of allylic oxidation sites excluding steroid dienone is 4. The third kappa shape index (κ3) is 10.1. The fourth-order valence-corrected chi connectivity index (χ4v) is 4.96. The zero-order chi connectivity index (χ0) is 22.6. The predicted molar refractivity (Wildman–Crippen MR) is 159 cm³/mol. The van der Waals surface area contributed by atoms with Crippen molar-refractivity contribution in [3.63, 3.8) is 0 Å². The van der Waals surface area contributed by atoms with Crippen LogP contribution in [-0.4, -0.2) is 9.52 Å². The summed E-state index contributed by atoms with van der Waals surface area (Å²) in [6, 6.07) is 43.1. The van der Waals surface area contributed by atoms with Gasteiger partial charge < -0.3 is 0 Å². The summed E-state index contributed by atoms with van der Waals surface area (Å²) in [7, 11) is 0.987. The molecule has 0 N–H and O–H groups in total. The molecule has 4 heteroatoms. The van der Waals surface area contributed by atoms with Crippen molar-refractivity contribution in [1.82, 2.24) is 0 Å². The van der Waals surface area contributed by atoms with E-state index in [0.717, 1.165) is 15.9 Å². The first-order valence-electron chi connectivity index (χ1n) is 11.4. The van der Waals surface area contributed by atoms with E-state index in [1.165, 1.54) is 44.8 Å². The Hall–Kier alpha value is -2.09. The topological polar surface area (TPSA) is 0 Å². The summed E-state index contributed by atoms with van der Waals surface area (Å²) < 4.78 is 0. The van der Waals surface area contributed by atoms with Crippen molar-refractivity contribution in [3.05, 3.63) is 151 Å². The van der Waals surface area contributed by atoms with Crippen LogP contribution in [0.3, 0.4) is 0 Å². The van der Waals surface area contributed by atoms with Crippen LogP contribution in [0, 0.1) is 6.08 Å². The van der Waals surface area contributed by atoms with Crippen molar-refractivity contribution in [2.75, 3.05) is 0 Å². The second-order valence-electron chi connectivity index (χ2n) is 7.90. The zero-order valence-corrected chi connectivity index (χ0v) is 25.2. The Balaban J connectivity index is 0.000000284. The standard InChI is InChI=1S/C14H14Si.C13H9.C5H5.2ClH.Zr/c1-3-7-13(8-4-1)11-15-12-14-9-5-2-6-10-14;1-3-7-12-10(5-1)9-11-6-2-4-8-13(11)12;1-2-4-5-3-1;;;/h1-10H,11-12H2;1-9H;1-3H,4H2;2*1H;/q;2*-1;;;+2. The molecule has 5 aromatic rings. The first-order valence-corrected chi connectivity index (χ1v) is 12.8. The molecule has 0 fully saturated rings. The SMILES string of the molecule is Cl.Cl.[C-]1=CC=CC1.[Zr+2].c1ccc(C[Si]Cc2ccccc2)cc1.c1ccc2c(c1)[cH-]c1ccccc12. The van der Waals surface area contributed by atoms with E-state index in [9.17, 15) is 0 Å². The Kier molecular flexibility index (Phi) is 16.1. The summed E-state index contributed by atoms with van der Waals surface area (Å²) >= 11 is 0. The van der Waals surface area contributed by atoms with Crippen LogP contribution >= 0.6 is 24.8 Å². The van der Waals surface area contributed by atoms with Gasteiger partial charge in [0.05, 0.1) is 0 Å². The van der Waals surface area contributed by atoms with Crippen molar-refractivity contribution < 1.29 is 26.2 Å². The zero-order valence-electron chi connectivity index (χ0n) is 20.1. The van der Waals surface area contributed by atoms with Crippen molar-refractivity contribution in [1.29, 1.82) is 0 Å². The van der Waals surface area contributed by atoms with Gasteiger partial charge in [0.1, 0.15) is 0 Å². The predicted octanol–water partition coefficient (Wildman–Crippen LogP) is 8.95. The maximum absolute atomic E-state index is 2.99. The van der Waals surface area contributed by atoms with E-state index < -0.39 is 0 Å². The van der Waals surface area contributed by atoms with Crippen molar-refractivity contribution in [2.24, 2.45) is 0 Å². The minimum absolute atomic E-state index is 0. The molecular weight excluding hydrogens is 575 g/mol. The Morgan fingerprint density at radius 1 is 0.611 bits per heavy atom. The molecule has 6 rings (SSSR count). The minimum atomic E-state index is 0. The molecule has 0 unspecified atom stereocenters. The number of fused-ring (bicyclic) bond motifs is 3. The van der Waals surface area contributed by atoms with Gasteiger partial charge in [-0.25, -0.2) is 12.2 Å². The van der Waals surface area contributed by atoms with Gasteiger partial charge in [-0.1, -0.05) is 108 Å². The number of rotatable bonds is 4. The maximum Gasteiger partial charge on any atom is 2.00 e. The van der Waals surface area contributed by atoms with Crippen molar-refractivity contribution >= 4 is 55.9 Å². The molecule has 0 saturated carbocycles. The number of hydrogen-bond donors (Lipinski definition) is 0. The van der Waals surface area contributed by atoms with Crippen molar-refractivity contribution in [3.8, 4) is 0 Å². The molecule has 180 valence electrons. The number of benzene rings is 4. The average Bonchev–Trinajstić information content (AvgIpc) is 3.58. The Morgan fingerprint density at radius 3 is 1.44 bits per heavy atom. The molecule has 0 atom stereocenters. The van der Waals surface area contributed by atoms with Gasteiger partial charge in [0.15, 0.2) is 0 Å². The van der Waals surface area contributed by atoms with Gasteiger partial charge in [-0.15, -0.1) is 71.0 Å². The molecule has 0 aromatic heterocycles. The van der Waals surface area contributed by atoms with E-state index in [1.807, 2.05) is 12.2 Å². The summed E-state index contributed by atoms with van der Waals surface area (Å²) in [6.07, 6.45) is 10.0. The van der Waals surface area contributed by atoms with Gasteiger partial charge in [-0.05, 0) is 12.1 Å². The molecule has 0 bridgehead atoms. The number of halogens is 2. The Morgan fingerprint density at radius 2 is 1.06 bits per heavy atom.